The summed E-state index contributed by atoms with van der Waals surface area (Å²) in [5.74, 6) is -1.77. The van der Waals surface area contributed by atoms with E-state index in [0.717, 1.165) is 0 Å². The van der Waals surface area contributed by atoms with Crippen molar-refractivity contribution in [2.75, 3.05) is 6.16 Å². The van der Waals surface area contributed by atoms with Gasteiger partial charge in [0.25, 0.3) is 0 Å². The Bertz CT molecular complexity index is 609. The minimum Gasteiger partial charge on any atom is -0.324 e. The van der Waals surface area contributed by atoms with E-state index in [4.69, 9.17) is 0 Å². The zero-order chi connectivity index (χ0) is 14.8. The lowest BCUT2D eigenvalue weighted by molar-refractivity contribution is 0.370. The lowest BCUT2D eigenvalue weighted by Crippen LogP contribution is -2.08. The van der Waals surface area contributed by atoms with E-state index in [0.29, 0.717) is 11.1 Å². The normalized spacial score (nSPS) is 11.8. The highest BCUT2D eigenvalue weighted by Crippen LogP contribution is 2.42. The van der Waals surface area contributed by atoms with Crippen LogP contribution in [0, 0.1) is 11.6 Å². The molecule has 0 fully saturated rings. The van der Waals surface area contributed by atoms with Crippen molar-refractivity contribution in [1.82, 2.24) is 0 Å². The van der Waals surface area contributed by atoms with Crippen LogP contribution >= 0.6 is 7.60 Å². The molecule has 2 rings (SSSR count). The SMILES string of the molecule is O=P(O)(O)CC(c1cccc(F)c1)c1cccc(F)c1. The predicted molar refractivity (Wildman–Crippen MR) is 71.6 cm³/mol. The van der Waals surface area contributed by atoms with Gasteiger partial charge in [0.15, 0.2) is 0 Å². The van der Waals surface area contributed by atoms with Crippen molar-refractivity contribution in [3.63, 3.8) is 0 Å². The Kier molecular flexibility index (Phi) is 4.33. The molecule has 106 valence electrons. The Morgan fingerprint density at radius 3 is 1.75 bits per heavy atom. The standard InChI is InChI=1S/C14H13F2O3P/c15-12-5-1-3-10(7-12)14(9-20(17,18)19)11-4-2-6-13(16)8-11/h1-8,14H,9H2,(H2,17,18,19). The highest BCUT2D eigenvalue weighted by molar-refractivity contribution is 7.51. The Balaban J connectivity index is 2.47. The maximum absolute atomic E-state index is 13.3. The molecule has 6 heteroatoms. The van der Waals surface area contributed by atoms with Gasteiger partial charge in [-0.25, -0.2) is 8.78 Å². The summed E-state index contributed by atoms with van der Waals surface area (Å²) in [4.78, 5) is 18.3. The molecule has 2 N–H and O–H groups in total. The fourth-order valence-electron chi connectivity index (χ4n) is 2.09. The quantitative estimate of drug-likeness (QED) is 0.852. The van der Waals surface area contributed by atoms with Crippen molar-refractivity contribution < 1.29 is 23.1 Å². The van der Waals surface area contributed by atoms with E-state index in [1.807, 2.05) is 0 Å². The molecule has 20 heavy (non-hydrogen) atoms. The summed E-state index contributed by atoms with van der Waals surface area (Å²) >= 11 is 0. The van der Waals surface area contributed by atoms with Crippen LogP contribution in [-0.2, 0) is 4.57 Å². The van der Waals surface area contributed by atoms with E-state index in [1.54, 1.807) is 12.1 Å². The van der Waals surface area contributed by atoms with Crippen molar-refractivity contribution in [1.29, 1.82) is 0 Å². The first kappa shape index (κ1) is 14.9. The molecule has 0 radical (unpaired) electrons. The number of hydrogen-bond donors (Lipinski definition) is 2. The largest absolute Gasteiger partial charge is 0.326 e. The molecule has 0 aliphatic rings. The van der Waals surface area contributed by atoms with Gasteiger partial charge in [-0.05, 0) is 35.4 Å². The maximum atomic E-state index is 13.3. The molecule has 0 aliphatic carbocycles. The van der Waals surface area contributed by atoms with Crippen molar-refractivity contribution in [2.24, 2.45) is 0 Å². The molecule has 2 aromatic rings. The second kappa shape index (κ2) is 5.83. The molecule has 0 bridgehead atoms. The minimum atomic E-state index is -4.33. The second-order valence-corrected chi connectivity index (χ2v) is 6.20. The summed E-state index contributed by atoms with van der Waals surface area (Å²) in [6.07, 6.45) is -0.500. The van der Waals surface area contributed by atoms with Gasteiger partial charge in [0.2, 0.25) is 0 Å². The van der Waals surface area contributed by atoms with Crippen LogP contribution in [0.4, 0.5) is 8.78 Å². The first-order valence-corrected chi connectivity index (χ1v) is 7.70. The average molecular weight is 298 g/mol. The summed E-state index contributed by atoms with van der Waals surface area (Å²) in [5.41, 5.74) is 0.804. The zero-order valence-corrected chi connectivity index (χ0v) is 11.3. The van der Waals surface area contributed by atoms with Crippen molar-refractivity contribution in [3.8, 4) is 0 Å². The number of halogens is 2. The number of hydrogen-bond acceptors (Lipinski definition) is 1. The highest BCUT2D eigenvalue weighted by atomic mass is 31.2. The van der Waals surface area contributed by atoms with E-state index in [1.165, 1.54) is 36.4 Å². The fourth-order valence-corrected chi connectivity index (χ4v) is 2.99. The summed E-state index contributed by atoms with van der Waals surface area (Å²) in [6.45, 7) is 0. The Hall–Kier alpha value is -1.55. The van der Waals surface area contributed by atoms with Crippen molar-refractivity contribution in [3.05, 3.63) is 71.3 Å². The van der Waals surface area contributed by atoms with Crippen LogP contribution < -0.4 is 0 Å². The molecule has 0 heterocycles. The first-order chi connectivity index (χ1) is 9.35. The third-order valence-electron chi connectivity index (χ3n) is 2.92. The van der Waals surface area contributed by atoms with Crippen LogP contribution in [0.25, 0.3) is 0 Å². The van der Waals surface area contributed by atoms with Gasteiger partial charge in [0.1, 0.15) is 11.6 Å². The van der Waals surface area contributed by atoms with Gasteiger partial charge in [-0.1, -0.05) is 24.3 Å². The summed E-state index contributed by atoms with van der Waals surface area (Å²) in [5, 5.41) is 0. The van der Waals surface area contributed by atoms with Gasteiger partial charge in [0.05, 0.1) is 6.16 Å². The van der Waals surface area contributed by atoms with Crippen molar-refractivity contribution in [2.45, 2.75) is 5.92 Å². The molecule has 0 amide bonds. The van der Waals surface area contributed by atoms with Crippen LogP contribution in [0.1, 0.15) is 17.0 Å². The molecule has 3 nitrogen and oxygen atoms in total. The van der Waals surface area contributed by atoms with Gasteiger partial charge in [-0.3, -0.25) is 4.57 Å². The molecule has 0 unspecified atom stereocenters. The molecule has 0 aliphatic heterocycles. The first-order valence-electron chi connectivity index (χ1n) is 5.91. The van der Waals surface area contributed by atoms with Gasteiger partial charge >= 0.3 is 7.60 Å². The molecular weight excluding hydrogens is 285 g/mol. The van der Waals surface area contributed by atoms with E-state index >= 15 is 0 Å². The van der Waals surface area contributed by atoms with E-state index in [-0.39, 0.29) is 0 Å². The molecular formula is C14H13F2O3P. The number of benzene rings is 2. The Morgan fingerprint density at radius 1 is 0.950 bits per heavy atom. The van der Waals surface area contributed by atoms with Gasteiger partial charge in [-0.15, -0.1) is 0 Å². The summed E-state index contributed by atoms with van der Waals surface area (Å²) in [7, 11) is -4.33. The fraction of sp³-hybridized carbons (Fsp3) is 0.143. The summed E-state index contributed by atoms with van der Waals surface area (Å²) < 4.78 is 37.8. The lowest BCUT2D eigenvalue weighted by Gasteiger charge is -2.19. The third-order valence-corrected chi connectivity index (χ3v) is 3.76. The Morgan fingerprint density at radius 2 is 1.40 bits per heavy atom. The van der Waals surface area contributed by atoms with Gasteiger partial charge in [-0.2, -0.15) is 0 Å². The van der Waals surface area contributed by atoms with E-state index in [9.17, 15) is 23.1 Å². The van der Waals surface area contributed by atoms with Crippen molar-refractivity contribution >= 4 is 7.60 Å². The van der Waals surface area contributed by atoms with E-state index in [2.05, 4.69) is 0 Å². The Labute approximate surface area is 115 Å². The topological polar surface area (TPSA) is 57.5 Å². The molecule has 0 atom stereocenters. The van der Waals surface area contributed by atoms with Crippen LogP contribution in [0.5, 0.6) is 0 Å². The summed E-state index contributed by atoms with van der Waals surface area (Å²) in [6, 6.07) is 10.9. The van der Waals surface area contributed by atoms with Crippen LogP contribution in [0.2, 0.25) is 0 Å². The van der Waals surface area contributed by atoms with E-state index < -0.39 is 31.3 Å². The van der Waals surface area contributed by atoms with Gasteiger partial charge < -0.3 is 9.79 Å². The molecule has 0 saturated carbocycles. The molecule has 2 aromatic carbocycles. The second-order valence-electron chi connectivity index (χ2n) is 4.51. The lowest BCUT2D eigenvalue weighted by atomic mass is 9.93. The molecule has 0 saturated heterocycles. The zero-order valence-electron chi connectivity index (χ0n) is 10.4. The molecule has 0 aromatic heterocycles. The van der Waals surface area contributed by atoms with Gasteiger partial charge in [0, 0.05) is 5.92 Å². The molecule has 0 spiro atoms. The van der Waals surface area contributed by atoms with Crippen LogP contribution in [0.15, 0.2) is 48.5 Å². The highest BCUT2D eigenvalue weighted by Gasteiger charge is 2.25. The average Bonchev–Trinajstić information content (AvgIpc) is 2.35. The smallest absolute Gasteiger partial charge is 0.324 e. The predicted octanol–water partition coefficient (Wildman–Crippen LogP) is 3.27. The number of rotatable bonds is 4. The third kappa shape index (κ3) is 3.97. The monoisotopic (exact) mass is 298 g/mol. The van der Waals surface area contributed by atoms with Crippen LogP contribution in [-0.4, -0.2) is 15.9 Å². The maximum Gasteiger partial charge on any atom is 0.326 e. The van der Waals surface area contributed by atoms with Crippen LogP contribution in [0.3, 0.4) is 0 Å². The minimum absolute atomic E-state index is 0.402.